The lowest BCUT2D eigenvalue weighted by Crippen LogP contribution is -2.36. The van der Waals surface area contributed by atoms with Gasteiger partial charge in [0.1, 0.15) is 11.6 Å². The molecule has 1 fully saturated rings. The maximum atomic E-state index is 12.5. The molecule has 0 spiro atoms. The second-order valence-corrected chi connectivity index (χ2v) is 7.58. The van der Waals surface area contributed by atoms with E-state index in [1.165, 1.54) is 57.8 Å². The first-order valence-corrected chi connectivity index (χ1v) is 11.1. The predicted molar refractivity (Wildman–Crippen MR) is 112 cm³/mol. The molecule has 0 aromatic carbocycles. The summed E-state index contributed by atoms with van der Waals surface area (Å²) in [4.78, 5) is 14.8. The molecular formula is C22H40N4O. The van der Waals surface area contributed by atoms with Crippen LogP contribution < -0.4 is 10.6 Å². The van der Waals surface area contributed by atoms with Crippen LogP contribution in [0, 0.1) is 11.3 Å². The Morgan fingerprint density at radius 1 is 1.00 bits per heavy atom. The van der Waals surface area contributed by atoms with E-state index >= 15 is 0 Å². The maximum absolute atomic E-state index is 12.5. The molecule has 154 valence electrons. The Hall–Kier alpha value is -1.54. The van der Waals surface area contributed by atoms with Gasteiger partial charge in [0.05, 0.1) is 0 Å². The van der Waals surface area contributed by atoms with Gasteiger partial charge in [0.25, 0.3) is 5.91 Å². The summed E-state index contributed by atoms with van der Waals surface area (Å²) in [5.74, 6) is -0.232. The summed E-state index contributed by atoms with van der Waals surface area (Å²) < 4.78 is 0. The molecule has 1 rings (SSSR count). The van der Waals surface area contributed by atoms with Crippen LogP contribution >= 0.6 is 0 Å². The van der Waals surface area contributed by atoms with Crippen molar-refractivity contribution >= 4 is 5.91 Å². The largest absolute Gasteiger partial charge is 0.388 e. The molecule has 1 amide bonds. The first kappa shape index (κ1) is 23.5. The molecule has 0 heterocycles. The first-order valence-electron chi connectivity index (χ1n) is 11.1. The fraction of sp³-hybridized carbons (Fsp3) is 0.818. The highest BCUT2D eigenvalue weighted by molar-refractivity contribution is 5.97. The van der Waals surface area contributed by atoms with Crippen LogP contribution in [0.1, 0.15) is 84.5 Å². The molecule has 0 saturated heterocycles. The predicted octanol–water partition coefficient (Wildman–Crippen LogP) is 4.11. The van der Waals surface area contributed by atoms with Gasteiger partial charge in [0.15, 0.2) is 0 Å². The zero-order valence-corrected chi connectivity index (χ0v) is 17.6. The van der Waals surface area contributed by atoms with Gasteiger partial charge in [-0.15, -0.1) is 0 Å². The summed E-state index contributed by atoms with van der Waals surface area (Å²) in [5.41, 5.74) is 0.181. The molecule has 0 aromatic rings. The fourth-order valence-electron chi connectivity index (χ4n) is 3.66. The summed E-state index contributed by atoms with van der Waals surface area (Å²) in [6, 6.07) is 2.25. The average Bonchev–Trinajstić information content (AvgIpc) is 2.67. The number of hydrogen-bond donors (Lipinski definition) is 2. The number of carbonyl (C=O) groups excluding carboxylic acids is 1. The molecule has 0 unspecified atom stereocenters. The van der Waals surface area contributed by atoms with E-state index in [1.807, 2.05) is 6.07 Å². The summed E-state index contributed by atoms with van der Waals surface area (Å²) >= 11 is 0. The van der Waals surface area contributed by atoms with Crippen molar-refractivity contribution in [3.63, 3.8) is 0 Å². The van der Waals surface area contributed by atoms with Gasteiger partial charge in [0, 0.05) is 25.3 Å². The van der Waals surface area contributed by atoms with Crippen molar-refractivity contribution in [2.75, 3.05) is 26.2 Å². The van der Waals surface area contributed by atoms with Crippen LogP contribution in [0.25, 0.3) is 0 Å². The number of carbonyl (C=O) groups is 1. The average molecular weight is 377 g/mol. The van der Waals surface area contributed by atoms with E-state index in [2.05, 4.69) is 29.4 Å². The molecule has 5 nitrogen and oxygen atoms in total. The molecule has 0 radical (unpaired) electrons. The normalized spacial score (nSPS) is 18.2. The fourth-order valence-corrected chi connectivity index (χ4v) is 3.66. The van der Waals surface area contributed by atoms with Crippen molar-refractivity contribution in [1.82, 2.24) is 15.5 Å². The summed E-state index contributed by atoms with van der Waals surface area (Å²) in [5, 5.41) is 15.6. The summed E-state index contributed by atoms with van der Waals surface area (Å²) in [6.07, 6.45) is 15.1. The maximum Gasteiger partial charge on any atom is 0.263 e. The van der Waals surface area contributed by atoms with Gasteiger partial charge in [-0.1, -0.05) is 71.6 Å². The number of hydrogen-bond acceptors (Lipinski definition) is 4. The van der Waals surface area contributed by atoms with Gasteiger partial charge in [-0.3, -0.25) is 4.79 Å². The number of nitrogens with zero attached hydrogens (tertiary/aromatic N) is 2. The molecule has 0 bridgehead atoms. The van der Waals surface area contributed by atoms with Crippen molar-refractivity contribution in [1.29, 1.82) is 5.26 Å². The lowest BCUT2D eigenvalue weighted by molar-refractivity contribution is -0.117. The third-order valence-corrected chi connectivity index (χ3v) is 5.52. The Balaban J connectivity index is 2.47. The highest BCUT2D eigenvalue weighted by Gasteiger charge is 2.16. The van der Waals surface area contributed by atoms with Crippen LogP contribution in [-0.2, 0) is 4.79 Å². The Bertz CT molecular complexity index is 453. The van der Waals surface area contributed by atoms with Gasteiger partial charge in [-0.25, -0.2) is 0 Å². The van der Waals surface area contributed by atoms with Gasteiger partial charge in [-0.2, -0.15) is 5.26 Å². The van der Waals surface area contributed by atoms with E-state index in [1.54, 1.807) is 6.20 Å². The highest BCUT2D eigenvalue weighted by Crippen LogP contribution is 2.17. The summed E-state index contributed by atoms with van der Waals surface area (Å²) in [6.45, 7) is 7.94. The van der Waals surface area contributed by atoms with Crippen LogP contribution in [0.5, 0.6) is 0 Å². The van der Waals surface area contributed by atoms with Crippen LogP contribution in [0.2, 0.25) is 0 Å². The topological polar surface area (TPSA) is 68.2 Å². The standard InChI is InChI=1S/C22H40N4O/c1-3-26(4-2)17-16-24-19-20(18-23)22(27)25-21-14-12-10-8-6-5-7-9-11-13-15-21/h19,21,24H,3-17H2,1-2H3,(H,25,27)/b20-19-. The van der Waals surface area contributed by atoms with Crippen molar-refractivity contribution in [3.05, 3.63) is 11.8 Å². The molecule has 0 atom stereocenters. The lowest BCUT2D eigenvalue weighted by atomic mass is 9.98. The minimum absolute atomic E-state index is 0.181. The minimum Gasteiger partial charge on any atom is -0.388 e. The Kier molecular flexibility index (Phi) is 13.5. The number of amides is 1. The van der Waals surface area contributed by atoms with E-state index < -0.39 is 0 Å². The van der Waals surface area contributed by atoms with Crippen LogP contribution in [0.15, 0.2) is 11.8 Å². The van der Waals surface area contributed by atoms with Gasteiger partial charge in [-0.05, 0) is 25.9 Å². The van der Waals surface area contributed by atoms with Gasteiger partial charge < -0.3 is 15.5 Å². The number of likely N-dealkylation sites (N-methyl/N-ethyl adjacent to an activating group) is 1. The van der Waals surface area contributed by atoms with Crippen molar-refractivity contribution in [2.24, 2.45) is 0 Å². The smallest absolute Gasteiger partial charge is 0.263 e. The number of nitriles is 1. The van der Waals surface area contributed by atoms with E-state index in [0.717, 1.165) is 39.0 Å². The second-order valence-electron chi connectivity index (χ2n) is 7.58. The van der Waals surface area contributed by atoms with Crippen LogP contribution in [0.3, 0.4) is 0 Å². The molecule has 1 saturated carbocycles. The monoisotopic (exact) mass is 376 g/mol. The molecular weight excluding hydrogens is 336 g/mol. The van der Waals surface area contributed by atoms with E-state index in [4.69, 9.17) is 0 Å². The van der Waals surface area contributed by atoms with Gasteiger partial charge in [0.2, 0.25) is 0 Å². The van der Waals surface area contributed by atoms with E-state index in [-0.39, 0.29) is 17.5 Å². The SMILES string of the molecule is CCN(CC)CCN/C=C(/C#N)C(=O)NC1CCCCCCCCCCC1. The minimum atomic E-state index is -0.232. The first-order chi connectivity index (χ1) is 13.2. The Morgan fingerprint density at radius 3 is 2.00 bits per heavy atom. The zero-order valence-electron chi connectivity index (χ0n) is 17.6. The zero-order chi connectivity index (χ0) is 19.7. The lowest BCUT2D eigenvalue weighted by Gasteiger charge is -2.19. The van der Waals surface area contributed by atoms with E-state index in [9.17, 15) is 10.1 Å². The Morgan fingerprint density at radius 2 is 1.52 bits per heavy atom. The van der Waals surface area contributed by atoms with Crippen LogP contribution in [0.4, 0.5) is 0 Å². The van der Waals surface area contributed by atoms with Crippen molar-refractivity contribution < 1.29 is 4.79 Å². The molecule has 1 aliphatic rings. The molecule has 2 N–H and O–H groups in total. The third-order valence-electron chi connectivity index (χ3n) is 5.52. The highest BCUT2D eigenvalue weighted by atomic mass is 16.1. The second kappa shape index (κ2) is 15.5. The molecule has 5 heteroatoms. The molecule has 0 aliphatic heterocycles. The van der Waals surface area contributed by atoms with E-state index in [0.29, 0.717) is 0 Å². The molecule has 1 aliphatic carbocycles. The summed E-state index contributed by atoms with van der Waals surface area (Å²) in [7, 11) is 0. The quantitative estimate of drug-likeness (QED) is 0.380. The van der Waals surface area contributed by atoms with Crippen LogP contribution in [-0.4, -0.2) is 43.0 Å². The number of rotatable bonds is 8. The molecule has 27 heavy (non-hydrogen) atoms. The third kappa shape index (κ3) is 11.0. The van der Waals surface area contributed by atoms with Gasteiger partial charge >= 0.3 is 0 Å². The van der Waals surface area contributed by atoms with Crippen molar-refractivity contribution in [3.8, 4) is 6.07 Å². The number of nitrogens with one attached hydrogen (secondary N) is 2. The van der Waals surface area contributed by atoms with Crippen molar-refractivity contribution in [2.45, 2.75) is 90.5 Å². The molecule has 0 aromatic heterocycles. The Labute approximate surface area is 166 Å².